The van der Waals surface area contributed by atoms with Crippen molar-refractivity contribution < 1.29 is 14.2 Å². The van der Waals surface area contributed by atoms with Gasteiger partial charge in [-0.3, -0.25) is 0 Å². The minimum absolute atomic E-state index is 0.120. The van der Waals surface area contributed by atoms with Crippen molar-refractivity contribution in [3.05, 3.63) is 0 Å². The molecule has 2 saturated heterocycles. The summed E-state index contributed by atoms with van der Waals surface area (Å²) in [5, 5.41) is 0.582. The van der Waals surface area contributed by atoms with Crippen LogP contribution in [0.2, 0.25) is 0 Å². The van der Waals surface area contributed by atoms with Crippen molar-refractivity contribution in [2.75, 3.05) is 19.7 Å². The lowest BCUT2D eigenvalue weighted by Crippen LogP contribution is -2.38. The SMILES string of the molecule is CCCCCC#CC[C@H](OC(=S)N1CCCC1)[C@H]1COC(C)(C)O1. The van der Waals surface area contributed by atoms with E-state index in [4.69, 9.17) is 26.4 Å². The molecular weight excluding hydrogens is 322 g/mol. The summed E-state index contributed by atoms with van der Waals surface area (Å²) in [5.74, 6) is 5.95. The average Bonchev–Trinajstić information content (AvgIpc) is 3.19. The van der Waals surface area contributed by atoms with Gasteiger partial charge >= 0.3 is 0 Å². The van der Waals surface area contributed by atoms with Gasteiger partial charge in [0.25, 0.3) is 5.17 Å². The summed E-state index contributed by atoms with van der Waals surface area (Å²) in [5.41, 5.74) is 0. The molecule has 0 saturated carbocycles. The second-order valence-corrected chi connectivity index (χ2v) is 7.35. The van der Waals surface area contributed by atoms with Gasteiger partial charge in [0.05, 0.1) is 6.61 Å². The normalized spacial score (nSPS) is 23.6. The fraction of sp³-hybridized carbons (Fsp3) is 0.842. The lowest BCUT2D eigenvalue weighted by Gasteiger charge is -2.27. The fourth-order valence-corrected chi connectivity index (χ4v) is 3.28. The third kappa shape index (κ3) is 6.23. The van der Waals surface area contributed by atoms with Crippen molar-refractivity contribution in [2.45, 2.75) is 83.7 Å². The minimum atomic E-state index is -0.559. The van der Waals surface area contributed by atoms with E-state index in [0.29, 0.717) is 18.2 Å². The van der Waals surface area contributed by atoms with Gasteiger partial charge < -0.3 is 19.1 Å². The summed E-state index contributed by atoms with van der Waals surface area (Å²) in [6, 6.07) is 0. The Morgan fingerprint density at radius 1 is 1.29 bits per heavy atom. The summed E-state index contributed by atoms with van der Waals surface area (Å²) in [7, 11) is 0. The molecule has 0 aromatic carbocycles. The maximum absolute atomic E-state index is 6.09. The Kier molecular flexibility index (Phi) is 7.80. The van der Waals surface area contributed by atoms with Gasteiger partial charge in [-0.15, -0.1) is 5.92 Å². The largest absolute Gasteiger partial charge is 0.464 e. The molecule has 2 fully saturated rings. The second kappa shape index (κ2) is 9.60. The van der Waals surface area contributed by atoms with Crippen LogP contribution in [0.3, 0.4) is 0 Å². The highest BCUT2D eigenvalue weighted by Crippen LogP contribution is 2.27. The number of rotatable bonds is 6. The van der Waals surface area contributed by atoms with Crippen LogP contribution in [-0.2, 0) is 14.2 Å². The number of nitrogens with zero attached hydrogens (tertiary/aromatic N) is 1. The molecule has 4 nitrogen and oxygen atoms in total. The van der Waals surface area contributed by atoms with Crippen LogP contribution in [0, 0.1) is 11.8 Å². The van der Waals surface area contributed by atoms with E-state index in [9.17, 15) is 0 Å². The lowest BCUT2D eigenvalue weighted by atomic mass is 10.1. The van der Waals surface area contributed by atoms with Gasteiger partial charge in [0.1, 0.15) is 12.2 Å². The highest BCUT2D eigenvalue weighted by Gasteiger charge is 2.39. The number of hydrogen-bond acceptors (Lipinski definition) is 4. The molecular formula is C19H31NO3S. The molecule has 0 radical (unpaired) electrons. The maximum atomic E-state index is 6.09. The van der Waals surface area contributed by atoms with Gasteiger partial charge in [-0.05, 0) is 45.3 Å². The Morgan fingerprint density at radius 3 is 2.67 bits per heavy atom. The van der Waals surface area contributed by atoms with Gasteiger partial charge in [0.15, 0.2) is 5.79 Å². The second-order valence-electron chi connectivity index (χ2n) is 7.00. The van der Waals surface area contributed by atoms with E-state index in [1.54, 1.807) is 0 Å². The third-order valence-corrected chi connectivity index (χ3v) is 4.75. The molecule has 2 aliphatic rings. The zero-order valence-corrected chi connectivity index (χ0v) is 16.1. The molecule has 0 bridgehead atoms. The van der Waals surface area contributed by atoms with E-state index < -0.39 is 5.79 Å². The van der Waals surface area contributed by atoms with Crippen LogP contribution >= 0.6 is 12.2 Å². The van der Waals surface area contributed by atoms with Gasteiger partial charge in [0.2, 0.25) is 0 Å². The Balaban J connectivity index is 1.89. The van der Waals surface area contributed by atoms with Gasteiger partial charge in [0, 0.05) is 25.9 Å². The number of unbranched alkanes of at least 4 members (excludes halogenated alkanes) is 3. The smallest absolute Gasteiger partial charge is 0.259 e. The standard InChI is InChI=1S/C19H31NO3S/c1-4-5-6-7-8-9-12-16(17-15-21-19(2,3)23-17)22-18(24)20-13-10-11-14-20/h16-17H,4-7,10-15H2,1-3H3/t16-,17+/m0/s1. The molecule has 5 heteroatoms. The van der Waals surface area contributed by atoms with E-state index in [0.717, 1.165) is 25.9 Å². The van der Waals surface area contributed by atoms with Crippen LogP contribution < -0.4 is 0 Å². The first-order chi connectivity index (χ1) is 11.5. The van der Waals surface area contributed by atoms with Crippen LogP contribution in [0.4, 0.5) is 0 Å². The predicted molar refractivity (Wildman–Crippen MR) is 99.7 cm³/mol. The molecule has 136 valence electrons. The van der Waals surface area contributed by atoms with Crippen molar-refractivity contribution in [3.8, 4) is 11.8 Å². The molecule has 0 N–H and O–H groups in total. The van der Waals surface area contributed by atoms with Gasteiger partial charge in [-0.1, -0.05) is 25.7 Å². The maximum Gasteiger partial charge on any atom is 0.259 e. The van der Waals surface area contributed by atoms with Crippen LogP contribution in [0.15, 0.2) is 0 Å². The number of hydrogen-bond donors (Lipinski definition) is 0. The molecule has 2 heterocycles. The molecule has 0 aromatic rings. The first kappa shape index (κ1) is 19.5. The number of thiocarbonyl (C=S) groups is 1. The first-order valence-electron chi connectivity index (χ1n) is 9.25. The van der Waals surface area contributed by atoms with Crippen molar-refractivity contribution >= 4 is 17.4 Å². The molecule has 0 amide bonds. The molecule has 2 aliphatic heterocycles. The highest BCUT2D eigenvalue weighted by atomic mass is 32.1. The van der Waals surface area contributed by atoms with Crippen LogP contribution in [0.1, 0.15) is 65.7 Å². The summed E-state index contributed by atoms with van der Waals surface area (Å²) in [6.45, 7) is 8.57. The van der Waals surface area contributed by atoms with Crippen LogP contribution in [-0.4, -0.2) is 47.8 Å². The zero-order valence-electron chi connectivity index (χ0n) is 15.3. The van der Waals surface area contributed by atoms with Crippen molar-refractivity contribution in [1.82, 2.24) is 4.90 Å². The zero-order chi connectivity index (χ0) is 17.4. The Bertz CT molecular complexity index is 463. The van der Waals surface area contributed by atoms with Crippen LogP contribution in [0.5, 0.6) is 0 Å². The highest BCUT2D eigenvalue weighted by molar-refractivity contribution is 7.80. The van der Waals surface area contributed by atoms with E-state index >= 15 is 0 Å². The fourth-order valence-electron chi connectivity index (χ4n) is 2.98. The summed E-state index contributed by atoms with van der Waals surface area (Å²) < 4.78 is 17.8. The number of ether oxygens (including phenoxy) is 3. The van der Waals surface area contributed by atoms with Gasteiger partial charge in [-0.2, -0.15) is 0 Å². The van der Waals surface area contributed by atoms with Crippen molar-refractivity contribution in [3.63, 3.8) is 0 Å². The Labute approximate surface area is 152 Å². The van der Waals surface area contributed by atoms with Crippen molar-refractivity contribution in [1.29, 1.82) is 0 Å². The molecule has 0 unspecified atom stereocenters. The number of likely N-dealkylation sites (tertiary alicyclic amines) is 1. The van der Waals surface area contributed by atoms with Gasteiger partial charge in [-0.25, -0.2) is 0 Å². The Morgan fingerprint density at radius 2 is 2.04 bits per heavy atom. The first-order valence-corrected chi connectivity index (χ1v) is 9.65. The summed E-state index contributed by atoms with van der Waals surface area (Å²) in [6.07, 6.45) is 7.28. The molecule has 0 aromatic heterocycles. The quantitative estimate of drug-likeness (QED) is 0.411. The minimum Gasteiger partial charge on any atom is -0.464 e. The summed E-state index contributed by atoms with van der Waals surface area (Å²) >= 11 is 5.48. The van der Waals surface area contributed by atoms with E-state index in [-0.39, 0.29) is 12.2 Å². The van der Waals surface area contributed by atoms with E-state index in [1.165, 1.54) is 25.7 Å². The topological polar surface area (TPSA) is 30.9 Å². The molecule has 0 spiro atoms. The lowest BCUT2D eigenvalue weighted by molar-refractivity contribution is -0.149. The molecule has 2 atom stereocenters. The molecule has 2 rings (SSSR count). The van der Waals surface area contributed by atoms with Crippen LogP contribution in [0.25, 0.3) is 0 Å². The summed E-state index contributed by atoms with van der Waals surface area (Å²) in [4.78, 5) is 2.14. The monoisotopic (exact) mass is 353 g/mol. The molecule has 0 aliphatic carbocycles. The van der Waals surface area contributed by atoms with Crippen molar-refractivity contribution in [2.24, 2.45) is 0 Å². The average molecular weight is 354 g/mol. The third-order valence-electron chi connectivity index (χ3n) is 4.40. The van der Waals surface area contributed by atoms with E-state index in [1.807, 2.05) is 13.8 Å². The predicted octanol–water partition coefficient (Wildman–Crippen LogP) is 3.88. The molecule has 24 heavy (non-hydrogen) atoms. The Hall–Kier alpha value is -0.830. The van der Waals surface area contributed by atoms with E-state index in [2.05, 4.69) is 23.7 Å².